The highest BCUT2D eigenvalue weighted by Crippen LogP contribution is 2.32. The number of Topliss-reactive ketones (excluding diaryl/α,β-unsaturated/α-hetero) is 1. The fraction of sp³-hybridized carbons (Fsp3) is 0.444. The molecule has 3 rings (SSSR count). The van der Waals surface area contributed by atoms with Crippen LogP contribution in [-0.2, 0) is 4.79 Å². The molecule has 5 heteroatoms. The van der Waals surface area contributed by atoms with Crippen LogP contribution in [0.5, 0.6) is 0 Å². The maximum atomic E-state index is 11.7. The molecule has 2 N–H and O–H groups in total. The molecule has 0 bridgehead atoms. The molecule has 0 atom stereocenters. The number of nitrogens with zero attached hydrogens (tertiary/aromatic N) is 2. The number of carbonyl (C=O) groups excluding carboxylic acids is 1. The van der Waals surface area contributed by atoms with Gasteiger partial charge in [-0.05, 0) is 51.9 Å². The summed E-state index contributed by atoms with van der Waals surface area (Å²) in [6.45, 7) is 5.90. The average molecular weight is 313 g/mol. The van der Waals surface area contributed by atoms with Gasteiger partial charge >= 0.3 is 0 Å². The van der Waals surface area contributed by atoms with Crippen LogP contribution in [0.4, 0.5) is 0 Å². The van der Waals surface area contributed by atoms with Crippen molar-refractivity contribution in [3.05, 3.63) is 41.2 Å². The first kappa shape index (κ1) is 15.7. The zero-order valence-electron chi connectivity index (χ0n) is 13.7. The van der Waals surface area contributed by atoms with Gasteiger partial charge in [0.15, 0.2) is 11.4 Å². The van der Waals surface area contributed by atoms with E-state index in [9.17, 15) is 4.79 Å². The van der Waals surface area contributed by atoms with Crippen molar-refractivity contribution in [2.75, 3.05) is 19.6 Å². The Kier molecular flexibility index (Phi) is 4.48. The number of allylic oxidation sites excluding steroid dienone is 1. The van der Waals surface area contributed by atoms with Crippen molar-refractivity contribution < 1.29 is 9.32 Å². The molecule has 1 aromatic carbocycles. The van der Waals surface area contributed by atoms with Gasteiger partial charge in [0.05, 0.1) is 5.69 Å². The molecule has 0 unspecified atom stereocenters. The Bertz CT molecular complexity index is 736. The monoisotopic (exact) mass is 313 g/mol. The van der Waals surface area contributed by atoms with Gasteiger partial charge in [0.25, 0.3) is 0 Å². The quantitative estimate of drug-likeness (QED) is 0.879. The van der Waals surface area contributed by atoms with E-state index in [0.29, 0.717) is 18.2 Å². The summed E-state index contributed by atoms with van der Waals surface area (Å²) in [5.41, 5.74) is 9.11. The molecule has 5 nitrogen and oxygen atoms in total. The number of likely N-dealkylation sites (tertiary alicyclic amines) is 1. The number of nitrogens with two attached hydrogens (primary N) is 1. The van der Waals surface area contributed by atoms with Crippen LogP contribution in [0.3, 0.4) is 0 Å². The van der Waals surface area contributed by atoms with Crippen molar-refractivity contribution in [2.24, 2.45) is 5.73 Å². The molecule has 0 amide bonds. The first-order valence-electron chi connectivity index (χ1n) is 8.09. The maximum Gasteiger partial charge on any atom is 0.167 e. The molecule has 1 saturated heterocycles. The van der Waals surface area contributed by atoms with E-state index in [1.807, 2.05) is 18.2 Å². The van der Waals surface area contributed by atoms with Crippen LogP contribution in [0.1, 0.15) is 38.3 Å². The Morgan fingerprint density at radius 2 is 2.00 bits per heavy atom. The SMILES string of the molecule is CC(=O)/C(CN1CCC(c2noc3ccccc23)CC1)=C(/C)N. The van der Waals surface area contributed by atoms with Gasteiger partial charge in [0.1, 0.15) is 0 Å². The second-order valence-electron chi connectivity index (χ2n) is 6.33. The third-order valence-corrected chi connectivity index (χ3v) is 4.66. The zero-order valence-corrected chi connectivity index (χ0v) is 13.7. The first-order chi connectivity index (χ1) is 11.1. The van der Waals surface area contributed by atoms with E-state index in [0.717, 1.165) is 48.2 Å². The van der Waals surface area contributed by atoms with Crippen molar-refractivity contribution in [2.45, 2.75) is 32.6 Å². The van der Waals surface area contributed by atoms with Crippen LogP contribution in [-0.4, -0.2) is 35.5 Å². The fourth-order valence-corrected chi connectivity index (χ4v) is 3.30. The molecule has 122 valence electrons. The standard InChI is InChI=1S/C18H23N3O2/c1-12(19)16(13(2)22)11-21-9-7-14(8-10-21)18-15-5-3-4-6-17(15)23-20-18/h3-6,14H,7-11,19H2,1-2H3/b16-12-. The number of fused-ring (bicyclic) bond motifs is 1. The maximum absolute atomic E-state index is 11.7. The lowest BCUT2D eigenvalue weighted by Gasteiger charge is -2.31. The van der Waals surface area contributed by atoms with Crippen LogP contribution in [0.2, 0.25) is 0 Å². The number of benzene rings is 1. The number of rotatable bonds is 4. The number of para-hydroxylation sites is 1. The normalized spacial score (nSPS) is 18.2. The summed E-state index contributed by atoms with van der Waals surface area (Å²) in [5.74, 6) is 0.480. The van der Waals surface area contributed by atoms with Crippen molar-refractivity contribution in [1.82, 2.24) is 10.1 Å². The number of aromatic nitrogens is 1. The van der Waals surface area contributed by atoms with Gasteiger partial charge in [0, 0.05) is 29.1 Å². The zero-order chi connectivity index (χ0) is 16.4. The second kappa shape index (κ2) is 6.54. The van der Waals surface area contributed by atoms with Crippen molar-refractivity contribution >= 4 is 16.8 Å². The minimum absolute atomic E-state index is 0.0645. The highest BCUT2D eigenvalue weighted by molar-refractivity contribution is 5.94. The van der Waals surface area contributed by atoms with Gasteiger partial charge in [-0.25, -0.2) is 0 Å². The van der Waals surface area contributed by atoms with E-state index < -0.39 is 0 Å². The highest BCUT2D eigenvalue weighted by atomic mass is 16.5. The summed E-state index contributed by atoms with van der Waals surface area (Å²) < 4.78 is 5.42. The number of hydrogen-bond acceptors (Lipinski definition) is 5. The van der Waals surface area contributed by atoms with E-state index in [1.165, 1.54) is 0 Å². The van der Waals surface area contributed by atoms with E-state index in [-0.39, 0.29) is 5.78 Å². The Hall–Kier alpha value is -2.14. The molecule has 2 aromatic rings. The molecular weight excluding hydrogens is 290 g/mol. The Morgan fingerprint density at radius 3 is 2.65 bits per heavy atom. The molecule has 1 aliphatic heterocycles. The van der Waals surface area contributed by atoms with Crippen molar-refractivity contribution in [1.29, 1.82) is 0 Å². The number of hydrogen-bond donors (Lipinski definition) is 1. The smallest absolute Gasteiger partial charge is 0.167 e. The number of ketones is 1. The van der Waals surface area contributed by atoms with E-state index in [1.54, 1.807) is 13.8 Å². The lowest BCUT2D eigenvalue weighted by molar-refractivity contribution is -0.113. The summed E-state index contributed by atoms with van der Waals surface area (Å²) in [5, 5.41) is 5.40. The van der Waals surface area contributed by atoms with Crippen LogP contribution in [0.15, 0.2) is 40.1 Å². The van der Waals surface area contributed by atoms with Gasteiger partial charge in [-0.3, -0.25) is 9.69 Å². The lowest BCUT2D eigenvalue weighted by Crippen LogP contribution is -2.36. The van der Waals surface area contributed by atoms with Gasteiger partial charge in [-0.2, -0.15) is 0 Å². The highest BCUT2D eigenvalue weighted by Gasteiger charge is 2.25. The van der Waals surface area contributed by atoms with Gasteiger partial charge in [-0.1, -0.05) is 17.3 Å². The molecule has 1 aliphatic rings. The third-order valence-electron chi connectivity index (χ3n) is 4.66. The molecule has 1 fully saturated rings. The summed E-state index contributed by atoms with van der Waals surface area (Å²) in [6.07, 6.45) is 2.04. The van der Waals surface area contributed by atoms with Gasteiger partial charge in [0.2, 0.25) is 0 Å². The van der Waals surface area contributed by atoms with E-state index in [2.05, 4.69) is 16.1 Å². The van der Waals surface area contributed by atoms with E-state index >= 15 is 0 Å². The molecule has 23 heavy (non-hydrogen) atoms. The summed E-state index contributed by atoms with van der Waals surface area (Å²) in [4.78, 5) is 14.0. The predicted octanol–water partition coefficient (Wildman–Crippen LogP) is 2.83. The van der Waals surface area contributed by atoms with Crippen molar-refractivity contribution in [3.63, 3.8) is 0 Å². The largest absolute Gasteiger partial charge is 0.402 e. The van der Waals surface area contributed by atoms with Gasteiger partial charge < -0.3 is 10.3 Å². The van der Waals surface area contributed by atoms with E-state index in [4.69, 9.17) is 10.3 Å². The van der Waals surface area contributed by atoms with Crippen LogP contribution >= 0.6 is 0 Å². The van der Waals surface area contributed by atoms with Crippen LogP contribution in [0, 0.1) is 0 Å². The summed E-state index contributed by atoms with van der Waals surface area (Å²) >= 11 is 0. The Balaban J connectivity index is 1.67. The topological polar surface area (TPSA) is 72.4 Å². The average Bonchev–Trinajstić information content (AvgIpc) is 2.96. The minimum Gasteiger partial charge on any atom is -0.402 e. The molecule has 1 aromatic heterocycles. The van der Waals surface area contributed by atoms with Crippen molar-refractivity contribution in [3.8, 4) is 0 Å². The van der Waals surface area contributed by atoms with Crippen LogP contribution in [0.25, 0.3) is 11.0 Å². The molecule has 0 spiro atoms. The molecule has 2 heterocycles. The Morgan fingerprint density at radius 1 is 1.30 bits per heavy atom. The fourth-order valence-electron chi connectivity index (χ4n) is 3.30. The second-order valence-corrected chi connectivity index (χ2v) is 6.33. The van der Waals surface area contributed by atoms with Crippen LogP contribution < -0.4 is 5.73 Å². The van der Waals surface area contributed by atoms with Gasteiger partial charge in [-0.15, -0.1) is 0 Å². The third kappa shape index (κ3) is 3.29. The lowest BCUT2D eigenvalue weighted by atomic mass is 9.91. The summed E-state index contributed by atoms with van der Waals surface area (Å²) in [7, 11) is 0. The molecule has 0 radical (unpaired) electrons. The number of carbonyl (C=O) groups is 1. The minimum atomic E-state index is 0.0645. The number of piperidine rings is 1. The summed E-state index contributed by atoms with van der Waals surface area (Å²) in [6, 6.07) is 8.01. The first-order valence-corrected chi connectivity index (χ1v) is 8.09. The predicted molar refractivity (Wildman–Crippen MR) is 90.0 cm³/mol. The molecule has 0 aliphatic carbocycles. The molecular formula is C18H23N3O2. The Labute approximate surface area is 136 Å². The molecule has 0 saturated carbocycles.